The third kappa shape index (κ3) is 2.06. The predicted molar refractivity (Wildman–Crippen MR) is 53.8 cm³/mol. The zero-order valence-corrected chi connectivity index (χ0v) is 8.25. The van der Waals surface area contributed by atoms with Gasteiger partial charge in [-0.2, -0.15) is 10.1 Å². The molecular formula is C8H7BrN4. The molecule has 0 saturated carbocycles. The van der Waals surface area contributed by atoms with Gasteiger partial charge in [0, 0.05) is 10.2 Å². The highest BCUT2D eigenvalue weighted by Gasteiger charge is 1.95. The molecule has 0 aliphatic heterocycles. The van der Waals surface area contributed by atoms with E-state index in [1.54, 1.807) is 0 Å². The largest absolute Gasteiger partial charge is 0.325 e. The minimum atomic E-state index is 0.637. The number of aromatic nitrogens is 3. The minimum absolute atomic E-state index is 0.637. The molecule has 0 unspecified atom stereocenters. The van der Waals surface area contributed by atoms with Crippen LogP contribution in [0.1, 0.15) is 0 Å². The molecule has 5 heteroatoms. The molecule has 66 valence electrons. The van der Waals surface area contributed by atoms with Crippen LogP contribution in [-0.4, -0.2) is 15.2 Å². The second-order valence-electron chi connectivity index (χ2n) is 2.47. The Kier molecular flexibility index (Phi) is 2.27. The molecule has 0 spiro atoms. The van der Waals surface area contributed by atoms with Gasteiger partial charge in [-0.05, 0) is 18.2 Å². The van der Waals surface area contributed by atoms with Gasteiger partial charge < -0.3 is 5.32 Å². The first-order chi connectivity index (χ1) is 6.34. The number of rotatable bonds is 2. The number of hydrogen-bond donors (Lipinski definition) is 2. The summed E-state index contributed by atoms with van der Waals surface area (Å²) in [6.45, 7) is 0. The Morgan fingerprint density at radius 1 is 1.38 bits per heavy atom. The first-order valence-electron chi connectivity index (χ1n) is 3.72. The van der Waals surface area contributed by atoms with E-state index >= 15 is 0 Å². The lowest BCUT2D eigenvalue weighted by Gasteiger charge is -2.01. The highest BCUT2D eigenvalue weighted by molar-refractivity contribution is 9.10. The Morgan fingerprint density at radius 3 is 3.00 bits per heavy atom. The van der Waals surface area contributed by atoms with E-state index in [0.29, 0.717) is 5.95 Å². The second kappa shape index (κ2) is 3.57. The fourth-order valence-corrected chi connectivity index (χ4v) is 1.37. The van der Waals surface area contributed by atoms with E-state index in [4.69, 9.17) is 0 Å². The Bertz CT molecular complexity index is 385. The number of nitrogens with zero attached hydrogens (tertiary/aromatic N) is 2. The number of H-pyrrole nitrogens is 1. The van der Waals surface area contributed by atoms with Gasteiger partial charge in [0.15, 0.2) is 0 Å². The quantitative estimate of drug-likeness (QED) is 0.845. The lowest BCUT2D eigenvalue weighted by Crippen LogP contribution is -1.91. The lowest BCUT2D eigenvalue weighted by atomic mass is 10.3. The van der Waals surface area contributed by atoms with Gasteiger partial charge in [0.25, 0.3) is 0 Å². The summed E-state index contributed by atoms with van der Waals surface area (Å²) in [5.74, 6) is 0.637. The van der Waals surface area contributed by atoms with Gasteiger partial charge in [0.1, 0.15) is 6.33 Å². The fourth-order valence-electron chi connectivity index (χ4n) is 0.969. The molecule has 0 aliphatic rings. The van der Waals surface area contributed by atoms with Crippen LogP contribution in [0.3, 0.4) is 0 Å². The summed E-state index contributed by atoms with van der Waals surface area (Å²) in [7, 11) is 0. The van der Waals surface area contributed by atoms with Crippen molar-refractivity contribution in [3.8, 4) is 0 Å². The summed E-state index contributed by atoms with van der Waals surface area (Å²) in [5.41, 5.74) is 0.964. The standard InChI is InChI=1S/C8H7BrN4/c9-6-2-1-3-7(4-6)12-8-10-5-11-13-8/h1-5H,(H2,10,11,12,13). The van der Waals surface area contributed by atoms with E-state index in [2.05, 4.69) is 36.4 Å². The molecule has 0 saturated heterocycles. The summed E-state index contributed by atoms with van der Waals surface area (Å²) in [5, 5.41) is 9.51. The highest BCUT2D eigenvalue weighted by Crippen LogP contribution is 2.17. The summed E-state index contributed by atoms with van der Waals surface area (Å²) in [6, 6.07) is 7.82. The summed E-state index contributed by atoms with van der Waals surface area (Å²) in [6.07, 6.45) is 1.46. The van der Waals surface area contributed by atoms with Gasteiger partial charge in [0.2, 0.25) is 5.95 Å². The van der Waals surface area contributed by atoms with Crippen LogP contribution in [0.15, 0.2) is 35.1 Å². The molecule has 0 bridgehead atoms. The number of nitrogens with one attached hydrogen (secondary N) is 2. The van der Waals surface area contributed by atoms with Gasteiger partial charge in [-0.15, -0.1) is 0 Å². The molecule has 0 aliphatic carbocycles. The molecule has 1 heterocycles. The number of benzene rings is 1. The van der Waals surface area contributed by atoms with Gasteiger partial charge >= 0.3 is 0 Å². The van der Waals surface area contributed by atoms with Crippen LogP contribution in [-0.2, 0) is 0 Å². The SMILES string of the molecule is Brc1cccc(Nc2ncn[nH]2)c1. The minimum Gasteiger partial charge on any atom is -0.325 e. The Labute approximate surface area is 83.5 Å². The molecule has 0 atom stereocenters. The zero-order chi connectivity index (χ0) is 9.10. The Morgan fingerprint density at radius 2 is 2.31 bits per heavy atom. The maximum atomic E-state index is 3.95. The first kappa shape index (κ1) is 8.25. The summed E-state index contributed by atoms with van der Waals surface area (Å²) in [4.78, 5) is 3.95. The van der Waals surface area contributed by atoms with Crippen LogP contribution in [0, 0.1) is 0 Å². The Hall–Kier alpha value is -1.36. The van der Waals surface area contributed by atoms with Gasteiger partial charge in [0.05, 0.1) is 0 Å². The normalized spacial score (nSPS) is 9.92. The third-order valence-corrected chi connectivity index (χ3v) is 2.00. The monoisotopic (exact) mass is 238 g/mol. The van der Waals surface area contributed by atoms with Crippen molar-refractivity contribution in [2.75, 3.05) is 5.32 Å². The van der Waals surface area contributed by atoms with E-state index in [-0.39, 0.29) is 0 Å². The highest BCUT2D eigenvalue weighted by atomic mass is 79.9. The van der Waals surface area contributed by atoms with Gasteiger partial charge in [-0.1, -0.05) is 22.0 Å². The van der Waals surface area contributed by atoms with Crippen molar-refractivity contribution < 1.29 is 0 Å². The molecule has 0 amide bonds. The van der Waals surface area contributed by atoms with Crippen molar-refractivity contribution in [1.29, 1.82) is 0 Å². The van der Waals surface area contributed by atoms with E-state index in [0.717, 1.165) is 10.2 Å². The van der Waals surface area contributed by atoms with E-state index in [9.17, 15) is 0 Å². The van der Waals surface area contributed by atoms with Crippen molar-refractivity contribution in [3.63, 3.8) is 0 Å². The van der Waals surface area contributed by atoms with Crippen LogP contribution in [0.4, 0.5) is 11.6 Å². The van der Waals surface area contributed by atoms with E-state index in [1.165, 1.54) is 6.33 Å². The molecule has 4 nitrogen and oxygen atoms in total. The van der Waals surface area contributed by atoms with Crippen LogP contribution >= 0.6 is 15.9 Å². The van der Waals surface area contributed by atoms with Crippen LogP contribution in [0.2, 0.25) is 0 Å². The number of anilines is 2. The smallest absolute Gasteiger partial charge is 0.222 e. The van der Waals surface area contributed by atoms with Crippen LogP contribution < -0.4 is 5.32 Å². The van der Waals surface area contributed by atoms with E-state index < -0.39 is 0 Å². The van der Waals surface area contributed by atoms with Crippen molar-refractivity contribution in [2.45, 2.75) is 0 Å². The average Bonchev–Trinajstić information content (AvgIpc) is 2.57. The van der Waals surface area contributed by atoms with Crippen molar-refractivity contribution >= 4 is 27.6 Å². The summed E-state index contributed by atoms with van der Waals surface area (Å²) < 4.78 is 1.03. The second-order valence-corrected chi connectivity index (χ2v) is 3.39. The third-order valence-electron chi connectivity index (χ3n) is 1.50. The van der Waals surface area contributed by atoms with Crippen molar-refractivity contribution in [2.24, 2.45) is 0 Å². The molecule has 13 heavy (non-hydrogen) atoms. The zero-order valence-electron chi connectivity index (χ0n) is 6.66. The van der Waals surface area contributed by atoms with Crippen molar-refractivity contribution in [3.05, 3.63) is 35.1 Å². The Balaban J connectivity index is 2.19. The number of hydrogen-bond acceptors (Lipinski definition) is 3. The van der Waals surface area contributed by atoms with E-state index in [1.807, 2.05) is 24.3 Å². The predicted octanol–water partition coefficient (Wildman–Crippen LogP) is 2.31. The maximum Gasteiger partial charge on any atom is 0.222 e. The summed E-state index contributed by atoms with van der Waals surface area (Å²) >= 11 is 3.38. The molecule has 2 rings (SSSR count). The molecule has 2 aromatic rings. The van der Waals surface area contributed by atoms with Crippen molar-refractivity contribution in [1.82, 2.24) is 15.2 Å². The van der Waals surface area contributed by atoms with Gasteiger partial charge in [-0.3, -0.25) is 0 Å². The molecular weight excluding hydrogens is 232 g/mol. The topological polar surface area (TPSA) is 53.6 Å². The van der Waals surface area contributed by atoms with Crippen LogP contribution in [0.5, 0.6) is 0 Å². The molecule has 2 N–H and O–H groups in total. The molecule has 0 radical (unpaired) electrons. The molecule has 1 aromatic carbocycles. The number of aromatic amines is 1. The van der Waals surface area contributed by atoms with Gasteiger partial charge in [-0.25, -0.2) is 5.10 Å². The average molecular weight is 239 g/mol. The first-order valence-corrected chi connectivity index (χ1v) is 4.52. The number of halogens is 1. The lowest BCUT2D eigenvalue weighted by molar-refractivity contribution is 1.09. The molecule has 0 fully saturated rings. The van der Waals surface area contributed by atoms with Crippen LogP contribution in [0.25, 0.3) is 0 Å². The molecule has 1 aromatic heterocycles. The maximum absolute atomic E-state index is 3.95. The fraction of sp³-hybridized carbons (Fsp3) is 0.